The highest BCUT2D eigenvalue weighted by atomic mass is 32.2. The molecule has 3 N–H and O–H groups in total. The van der Waals surface area contributed by atoms with Crippen LogP contribution in [0.3, 0.4) is 0 Å². The fourth-order valence-corrected chi connectivity index (χ4v) is 4.65. The maximum atomic E-state index is 12.8. The zero-order valence-corrected chi connectivity index (χ0v) is 19.0. The Bertz CT molecular complexity index is 781. The number of hydrogen-bond acceptors (Lipinski definition) is 8. The van der Waals surface area contributed by atoms with Gasteiger partial charge in [-0.25, -0.2) is 0 Å². The van der Waals surface area contributed by atoms with E-state index in [4.69, 9.17) is 9.47 Å². The number of aliphatic hydroxyl groups excluding tert-OH is 3. The molecule has 0 amide bonds. The molecule has 172 valence electrons. The van der Waals surface area contributed by atoms with E-state index in [1.165, 1.54) is 0 Å². The number of carbonyl (C=O) groups excluding carboxylic acids is 2. The number of aliphatic hydroxyl groups is 3. The number of carbonyl (C=O) groups is 2. The highest BCUT2D eigenvalue weighted by Gasteiger charge is 2.55. The van der Waals surface area contributed by atoms with Gasteiger partial charge in [0.2, 0.25) is 0 Å². The van der Waals surface area contributed by atoms with E-state index in [-0.39, 0.29) is 62.0 Å². The summed E-state index contributed by atoms with van der Waals surface area (Å²) in [4.78, 5) is 26.4. The molecule has 0 spiro atoms. The molecular weight excluding hydrogens is 420 g/mol. The molecule has 0 bridgehead atoms. The number of ketones is 2. The van der Waals surface area contributed by atoms with E-state index in [1.54, 1.807) is 30.8 Å². The van der Waals surface area contributed by atoms with Crippen molar-refractivity contribution in [3.8, 4) is 0 Å². The summed E-state index contributed by atoms with van der Waals surface area (Å²) < 4.78 is 11.6. The zero-order valence-electron chi connectivity index (χ0n) is 18.2. The number of hydrogen-bond donors (Lipinski definition) is 3. The first-order valence-corrected chi connectivity index (χ1v) is 11.9. The highest BCUT2D eigenvalue weighted by Crippen LogP contribution is 2.42. The van der Waals surface area contributed by atoms with Gasteiger partial charge in [0.15, 0.2) is 5.78 Å². The van der Waals surface area contributed by atoms with Gasteiger partial charge in [0, 0.05) is 29.2 Å². The third-order valence-corrected chi connectivity index (χ3v) is 7.16. The van der Waals surface area contributed by atoms with Crippen LogP contribution in [0.25, 0.3) is 0 Å². The number of ether oxygens (including phenoxy) is 2. The summed E-state index contributed by atoms with van der Waals surface area (Å²) in [7, 11) is 0. The summed E-state index contributed by atoms with van der Waals surface area (Å²) in [5.41, 5.74) is -0.850. The number of rotatable bonds is 10. The molecule has 2 saturated heterocycles. The van der Waals surface area contributed by atoms with Crippen LogP contribution in [0.4, 0.5) is 0 Å². The standard InChI is InChI=1S/C23H32O7S/c1-13(14(2)24)21-20(30-21)12-23(22(28)18(26)8-9-29-23)11-16(25)10-19(27)15-4-6-17(31-3)7-5-15/h4-7,13-14,18,20-22,24,26,28H,8-12H2,1-3H3/t13-,14-,18?,20-,21-,22?,23+/m0/s1. The second-order valence-electron chi connectivity index (χ2n) is 8.70. The van der Waals surface area contributed by atoms with E-state index in [9.17, 15) is 24.9 Å². The number of epoxide rings is 1. The summed E-state index contributed by atoms with van der Waals surface area (Å²) in [6.07, 6.45) is -1.35. The molecule has 0 aromatic heterocycles. The Hall–Kier alpha value is -1.29. The van der Waals surface area contributed by atoms with E-state index in [0.717, 1.165) is 4.90 Å². The van der Waals surface area contributed by atoms with Crippen molar-refractivity contribution in [1.29, 1.82) is 0 Å². The van der Waals surface area contributed by atoms with Crippen LogP contribution in [0.1, 0.15) is 49.9 Å². The number of benzene rings is 1. The van der Waals surface area contributed by atoms with Crippen LogP contribution in [0.15, 0.2) is 29.2 Å². The Morgan fingerprint density at radius 1 is 1.23 bits per heavy atom. The van der Waals surface area contributed by atoms with Gasteiger partial charge in [-0.1, -0.05) is 19.1 Å². The predicted molar refractivity (Wildman–Crippen MR) is 116 cm³/mol. The molecule has 2 heterocycles. The van der Waals surface area contributed by atoms with Crippen molar-refractivity contribution in [2.45, 2.75) is 80.5 Å². The monoisotopic (exact) mass is 452 g/mol. The van der Waals surface area contributed by atoms with Crippen molar-refractivity contribution < 1.29 is 34.4 Å². The first-order chi connectivity index (χ1) is 14.7. The molecule has 2 unspecified atom stereocenters. The molecule has 1 aromatic carbocycles. The van der Waals surface area contributed by atoms with Crippen LogP contribution in [0.5, 0.6) is 0 Å². The van der Waals surface area contributed by atoms with Gasteiger partial charge in [-0.15, -0.1) is 11.8 Å². The smallest absolute Gasteiger partial charge is 0.170 e. The molecule has 1 aromatic rings. The summed E-state index contributed by atoms with van der Waals surface area (Å²) in [5, 5.41) is 30.8. The van der Waals surface area contributed by atoms with Crippen molar-refractivity contribution in [3.05, 3.63) is 29.8 Å². The van der Waals surface area contributed by atoms with Crippen molar-refractivity contribution >= 4 is 23.3 Å². The average Bonchev–Trinajstić information content (AvgIpc) is 3.49. The summed E-state index contributed by atoms with van der Waals surface area (Å²) in [6, 6.07) is 7.07. The van der Waals surface area contributed by atoms with Crippen LogP contribution in [-0.2, 0) is 14.3 Å². The SMILES string of the molecule is CSc1ccc(C(=O)CC(=O)C[C@]2(C[C@@H]3O[C@H]3[C@@H](C)[C@H](C)O)OCCC(O)C2O)cc1. The minimum Gasteiger partial charge on any atom is -0.393 e. The van der Waals surface area contributed by atoms with Crippen LogP contribution < -0.4 is 0 Å². The third kappa shape index (κ3) is 5.74. The van der Waals surface area contributed by atoms with Crippen LogP contribution >= 0.6 is 11.8 Å². The molecule has 0 saturated carbocycles. The van der Waals surface area contributed by atoms with Crippen molar-refractivity contribution in [2.24, 2.45) is 5.92 Å². The van der Waals surface area contributed by atoms with Gasteiger partial charge in [0.05, 0.1) is 37.4 Å². The Morgan fingerprint density at radius 2 is 1.90 bits per heavy atom. The Balaban J connectivity index is 1.68. The first-order valence-electron chi connectivity index (χ1n) is 10.7. The van der Waals surface area contributed by atoms with Gasteiger partial charge in [-0.3, -0.25) is 9.59 Å². The Kier molecular flexibility index (Phi) is 7.94. The van der Waals surface area contributed by atoms with Gasteiger partial charge in [-0.2, -0.15) is 0 Å². The lowest BCUT2D eigenvalue weighted by Gasteiger charge is -2.43. The van der Waals surface area contributed by atoms with Gasteiger partial charge < -0.3 is 24.8 Å². The average molecular weight is 453 g/mol. The fourth-order valence-electron chi connectivity index (χ4n) is 4.24. The molecule has 2 aliphatic heterocycles. The molecule has 7 nitrogen and oxygen atoms in total. The molecule has 2 aliphatic rings. The van der Waals surface area contributed by atoms with Crippen molar-refractivity contribution in [2.75, 3.05) is 12.9 Å². The lowest BCUT2D eigenvalue weighted by atomic mass is 9.79. The Morgan fingerprint density at radius 3 is 2.52 bits per heavy atom. The van der Waals surface area contributed by atoms with E-state index in [1.807, 2.05) is 25.3 Å². The summed E-state index contributed by atoms with van der Waals surface area (Å²) in [6.45, 7) is 3.77. The molecule has 0 radical (unpaired) electrons. The Labute approximate surface area is 187 Å². The zero-order chi connectivity index (χ0) is 22.8. The van der Waals surface area contributed by atoms with E-state index in [0.29, 0.717) is 5.56 Å². The number of Topliss-reactive ketones (excluding diaryl/α,β-unsaturated/α-hetero) is 2. The highest BCUT2D eigenvalue weighted by molar-refractivity contribution is 7.98. The van der Waals surface area contributed by atoms with Gasteiger partial charge in [0.25, 0.3) is 0 Å². The minimum absolute atomic E-state index is 0.103. The second-order valence-corrected chi connectivity index (χ2v) is 9.58. The molecule has 31 heavy (non-hydrogen) atoms. The van der Waals surface area contributed by atoms with Crippen molar-refractivity contribution in [1.82, 2.24) is 0 Å². The topological polar surface area (TPSA) is 117 Å². The number of thioether (sulfide) groups is 1. The molecular formula is C23H32O7S. The minimum atomic E-state index is -1.31. The predicted octanol–water partition coefficient (Wildman–Crippen LogP) is 2.00. The summed E-state index contributed by atoms with van der Waals surface area (Å²) >= 11 is 1.57. The fraction of sp³-hybridized carbons (Fsp3) is 0.652. The normalized spacial score (nSPS) is 32.3. The van der Waals surface area contributed by atoms with Crippen LogP contribution in [0.2, 0.25) is 0 Å². The van der Waals surface area contributed by atoms with Gasteiger partial charge in [0.1, 0.15) is 17.5 Å². The maximum absolute atomic E-state index is 12.8. The molecule has 2 fully saturated rings. The second kappa shape index (κ2) is 10.1. The van der Waals surface area contributed by atoms with Gasteiger partial charge in [-0.05, 0) is 31.7 Å². The van der Waals surface area contributed by atoms with E-state index in [2.05, 4.69) is 0 Å². The molecule has 7 atom stereocenters. The lowest BCUT2D eigenvalue weighted by Crippen LogP contribution is -2.57. The van der Waals surface area contributed by atoms with E-state index < -0.39 is 23.9 Å². The molecule has 3 rings (SSSR count). The molecule has 8 heteroatoms. The lowest BCUT2D eigenvalue weighted by molar-refractivity contribution is -0.204. The largest absolute Gasteiger partial charge is 0.393 e. The summed E-state index contributed by atoms with van der Waals surface area (Å²) in [5.74, 6) is -0.746. The van der Waals surface area contributed by atoms with Crippen LogP contribution in [0, 0.1) is 5.92 Å². The first kappa shape index (κ1) is 24.4. The third-order valence-electron chi connectivity index (χ3n) is 6.42. The maximum Gasteiger partial charge on any atom is 0.170 e. The molecule has 0 aliphatic carbocycles. The van der Waals surface area contributed by atoms with Crippen molar-refractivity contribution in [3.63, 3.8) is 0 Å². The van der Waals surface area contributed by atoms with E-state index >= 15 is 0 Å². The van der Waals surface area contributed by atoms with Gasteiger partial charge >= 0.3 is 0 Å². The van der Waals surface area contributed by atoms with Crippen LogP contribution in [-0.4, -0.2) is 75.9 Å². The quantitative estimate of drug-likeness (QED) is 0.214.